The molecule has 2 aliphatic rings. The molecular weight excluding hydrogens is 434 g/mol. The number of rotatable bonds is 6. The van der Waals surface area contributed by atoms with Gasteiger partial charge in [0, 0.05) is 49.1 Å². The van der Waals surface area contributed by atoms with Crippen LogP contribution in [0, 0.1) is 10.1 Å². The molecule has 0 saturated carbocycles. The highest BCUT2D eigenvalue weighted by Gasteiger charge is 2.38. The van der Waals surface area contributed by atoms with E-state index in [1.165, 1.54) is 18.2 Å². The Kier molecular flexibility index (Phi) is 6.41. The van der Waals surface area contributed by atoms with Gasteiger partial charge in [0.05, 0.1) is 10.5 Å². The lowest BCUT2D eigenvalue weighted by atomic mass is 9.83. The van der Waals surface area contributed by atoms with E-state index in [2.05, 4.69) is 0 Å². The number of benzene rings is 2. The largest absolute Gasteiger partial charge is 0.454 e. The lowest BCUT2D eigenvalue weighted by molar-refractivity contribution is -0.384. The van der Waals surface area contributed by atoms with Crippen molar-refractivity contribution in [1.29, 1.82) is 0 Å². The fourth-order valence-electron chi connectivity index (χ4n) is 4.87. The second-order valence-corrected chi connectivity index (χ2v) is 9.28. The normalized spacial score (nSPS) is 18.0. The number of nitro benzene ring substituents is 1. The third kappa shape index (κ3) is 4.40. The fraction of sp³-hybridized carbons (Fsp3) is 0.385. The molecule has 8 heteroatoms. The van der Waals surface area contributed by atoms with Crippen LogP contribution >= 0.6 is 0 Å². The predicted molar refractivity (Wildman–Crippen MR) is 130 cm³/mol. The molecule has 0 radical (unpaired) electrons. The second kappa shape index (κ2) is 9.29. The van der Waals surface area contributed by atoms with Crippen molar-refractivity contribution in [3.8, 4) is 0 Å². The van der Waals surface area contributed by atoms with Gasteiger partial charge in [-0.2, -0.15) is 0 Å². The number of allylic oxidation sites excluding steroid dienone is 1. The summed E-state index contributed by atoms with van der Waals surface area (Å²) in [4.78, 5) is 40.3. The summed E-state index contributed by atoms with van der Waals surface area (Å²) in [6.07, 6.45) is 4.58. The highest BCUT2D eigenvalue weighted by Crippen LogP contribution is 2.46. The molecule has 1 fully saturated rings. The first-order valence-corrected chi connectivity index (χ1v) is 11.5. The molecule has 2 aromatic rings. The van der Waals surface area contributed by atoms with E-state index in [4.69, 9.17) is 4.74 Å². The van der Waals surface area contributed by atoms with E-state index >= 15 is 0 Å². The lowest BCUT2D eigenvalue weighted by Gasteiger charge is -2.28. The molecule has 0 aliphatic carbocycles. The third-order valence-corrected chi connectivity index (χ3v) is 6.69. The van der Waals surface area contributed by atoms with E-state index in [-0.39, 0.29) is 22.4 Å². The Labute approximate surface area is 199 Å². The van der Waals surface area contributed by atoms with Crippen molar-refractivity contribution in [2.75, 3.05) is 36.5 Å². The smallest absolute Gasteiger partial charge is 0.338 e. The number of likely N-dealkylation sites (N-methyl/N-ethyl adjacent to an activating group) is 1. The number of nitrogens with zero attached hydrogens (tertiary/aromatic N) is 3. The zero-order valence-corrected chi connectivity index (χ0v) is 19.7. The molecule has 0 atom stereocenters. The van der Waals surface area contributed by atoms with E-state index < -0.39 is 17.5 Å². The number of ketones is 1. The monoisotopic (exact) mass is 463 g/mol. The van der Waals surface area contributed by atoms with Gasteiger partial charge < -0.3 is 14.5 Å². The van der Waals surface area contributed by atoms with E-state index in [0.29, 0.717) is 5.69 Å². The molecule has 2 aromatic carbocycles. The summed E-state index contributed by atoms with van der Waals surface area (Å²) >= 11 is 0. The Morgan fingerprint density at radius 3 is 2.47 bits per heavy atom. The van der Waals surface area contributed by atoms with Crippen LogP contribution in [0.1, 0.15) is 49.0 Å². The van der Waals surface area contributed by atoms with Gasteiger partial charge in [0.25, 0.3) is 5.69 Å². The molecule has 0 bridgehead atoms. The Balaban J connectivity index is 1.46. The summed E-state index contributed by atoms with van der Waals surface area (Å²) < 4.78 is 5.21. The van der Waals surface area contributed by atoms with Crippen LogP contribution in [-0.4, -0.2) is 43.4 Å². The number of nitro groups is 1. The number of anilines is 2. The fourth-order valence-corrected chi connectivity index (χ4v) is 4.87. The number of hydrogen-bond donors (Lipinski definition) is 0. The number of carbonyl (C=O) groups is 2. The Morgan fingerprint density at radius 2 is 1.79 bits per heavy atom. The zero-order valence-electron chi connectivity index (χ0n) is 19.7. The highest BCUT2D eigenvalue weighted by molar-refractivity contribution is 5.97. The third-order valence-electron chi connectivity index (χ3n) is 6.69. The predicted octanol–water partition coefficient (Wildman–Crippen LogP) is 4.62. The van der Waals surface area contributed by atoms with Crippen molar-refractivity contribution in [2.45, 2.75) is 38.5 Å². The van der Waals surface area contributed by atoms with Crippen LogP contribution < -0.4 is 9.80 Å². The van der Waals surface area contributed by atoms with Crippen molar-refractivity contribution in [2.24, 2.45) is 0 Å². The summed E-state index contributed by atoms with van der Waals surface area (Å²) in [5.41, 5.74) is 3.04. The van der Waals surface area contributed by atoms with Gasteiger partial charge in [-0.15, -0.1) is 0 Å². The maximum atomic E-state index is 12.7. The average Bonchev–Trinajstić information content (AvgIpc) is 3.03. The molecule has 2 aliphatic heterocycles. The van der Waals surface area contributed by atoms with Gasteiger partial charge in [-0.05, 0) is 43.0 Å². The maximum absolute atomic E-state index is 12.7. The van der Waals surface area contributed by atoms with Crippen LogP contribution in [0.3, 0.4) is 0 Å². The highest BCUT2D eigenvalue weighted by atomic mass is 16.6. The molecule has 34 heavy (non-hydrogen) atoms. The quantitative estimate of drug-likeness (QED) is 0.267. The van der Waals surface area contributed by atoms with Crippen LogP contribution in [-0.2, 0) is 14.9 Å². The van der Waals surface area contributed by atoms with Gasteiger partial charge in [0.15, 0.2) is 12.4 Å². The van der Waals surface area contributed by atoms with Crippen molar-refractivity contribution >= 4 is 28.8 Å². The standard InChI is InChI=1S/C26H29N3O5/c1-26(2)20-9-5-6-10-21(20)27(3)24(26)16-19(30)17-34-25(31)18-11-12-22(23(15-18)29(32)33)28-13-7-4-8-14-28/h5-6,9-12,15-16H,4,7-8,13-14,17H2,1-3H3. The first kappa shape index (κ1) is 23.5. The minimum atomic E-state index is -0.762. The van der Waals surface area contributed by atoms with Gasteiger partial charge >= 0.3 is 5.97 Å². The van der Waals surface area contributed by atoms with Crippen molar-refractivity contribution in [3.63, 3.8) is 0 Å². The number of para-hydroxylation sites is 1. The molecule has 178 valence electrons. The SMILES string of the molecule is CN1C(=CC(=O)COC(=O)c2ccc(N3CCCCC3)c([N+](=O)[O-])c2)C(C)(C)c2ccccc21. The minimum Gasteiger partial charge on any atom is -0.454 e. The number of fused-ring (bicyclic) bond motifs is 1. The molecule has 1 saturated heterocycles. The number of hydrogen-bond acceptors (Lipinski definition) is 7. The lowest BCUT2D eigenvalue weighted by Crippen LogP contribution is -2.30. The number of carbonyl (C=O) groups excluding carboxylic acids is 2. The molecule has 0 aromatic heterocycles. The summed E-state index contributed by atoms with van der Waals surface area (Å²) in [5, 5.41) is 11.6. The molecule has 4 rings (SSSR count). The van der Waals surface area contributed by atoms with Gasteiger partial charge in [-0.25, -0.2) is 4.79 Å². The van der Waals surface area contributed by atoms with Crippen LogP contribution in [0.5, 0.6) is 0 Å². The molecule has 0 amide bonds. The minimum absolute atomic E-state index is 0.0543. The molecule has 8 nitrogen and oxygen atoms in total. The van der Waals surface area contributed by atoms with Gasteiger partial charge in [-0.3, -0.25) is 14.9 Å². The first-order valence-electron chi connectivity index (χ1n) is 11.5. The molecule has 0 N–H and O–H groups in total. The zero-order chi connectivity index (χ0) is 24.5. The molecule has 0 unspecified atom stereocenters. The van der Waals surface area contributed by atoms with Crippen LogP contribution in [0.4, 0.5) is 17.1 Å². The van der Waals surface area contributed by atoms with Gasteiger partial charge in [0.1, 0.15) is 5.69 Å². The summed E-state index contributed by atoms with van der Waals surface area (Å²) in [5.74, 6) is -1.11. The molecular formula is C26H29N3O5. The van der Waals surface area contributed by atoms with E-state index in [1.807, 2.05) is 55.0 Å². The summed E-state index contributed by atoms with van der Waals surface area (Å²) in [7, 11) is 1.90. The Bertz CT molecular complexity index is 1160. The second-order valence-electron chi connectivity index (χ2n) is 9.28. The van der Waals surface area contributed by atoms with Crippen molar-refractivity contribution in [1.82, 2.24) is 0 Å². The topological polar surface area (TPSA) is 93.0 Å². The van der Waals surface area contributed by atoms with E-state index in [9.17, 15) is 19.7 Å². The van der Waals surface area contributed by atoms with E-state index in [1.54, 1.807) is 6.07 Å². The van der Waals surface area contributed by atoms with Crippen LogP contribution in [0.15, 0.2) is 54.2 Å². The number of esters is 1. The number of piperidine rings is 1. The van der Waals surface area contributed by atoms with Crippen LogP contribution in [0.2, 0.25) is 0 Å². The molecule has 2 heterocycles. The molecule has 0 spiro atoms. The Morgan fingerprint density at radius 1 is 1.09 bits per heavy atom. The van der Waals surface area contributed by atoms with Crippen molar-refractivity contribution in [3.05, 3.63) is 75.5 Å². The Hall–Kier alpha value is -3.68. The van der Waals surface area contributed by atoms with E-state index in [0.717, 1.165) is 49.3 Å². The van der Waals surface area contributed by atoms with Crippen LogP contribution in [0.25, 0.3) is 0 Å². The van der Waals surface area contributed by atoms with Gasteiger partial charge in [0.2, 0.25) is 0 Å². The van der Waals surface area contributed by atoms with Crippen molar-refractivity contribution < 1.29 is 19.2 Å². The first-order chi connectivity index (χ1) is 16.2. The van der Waals surface area contributed by atoms with Gasteiger partial charge in [-0.1, -0.05) is 32.0 Å². The maximum Gasteiger partial charge on any atom is 0.338 e. The average molecular weight is 464 g/mol. The number of ether oxygens (including phenoxy) is 1. The summed E-state index contributed by atoms with van der Waals surface area (Å²) in [6.45, 7) is 5.15. The summed E-state index contributed by atoms with van der Waals surface area (Å²) in [6, 6.07) is 12.3.